The molecular formula is C21H24N2O4. The zero-order chi connectivity index (χ0) is 19.1. The molecule has 0 spiro atoms. The number of rotatable bonds is 6. The quantitative estimate of drug-likeness (QED) is 0.721. The van der Waals surface area contributed by atoms with Crippen molar-refractivity contribution in [2.75, 3.05) is 0 Å². The molecule has 6 nitrogen and oxygen atoms in total. The second kappa shape index (κ2) is 9.07. The molecule has 1 fully saturated rings. The van der Waals surface area contributed by atoms with E-state index >= 15 is 0 Å². The van der Waals surface area contributed by atoms with Crippen LogP contribution in [0.15, 0.2) is 54.6 Å². The summed E-state index contributed by atoms with van der Waals surface area (Å²) in [5.74, 6) is 0.414. The Morgan fingerprint density at radius 1 is 0.963 bits per heavy atom. The molecular weight excluding hydrogens is 344 g/mol. The van der Waals surface area contributed by atoms with Crippen LogP contribution in [0.2, 0.25) is 0 Å². The van der Waals surface area contributed by atoms with Crippen molar-refractivity contribution in [3.63, 3.8) is 0 Å². The van der Waals surface area contributed by atoms with Gasteiger partial charge >= 0.3 is 12.0 Å². The maximum Gasteiger partial charge on any atom is 0.315 e. The summed E-state index contributed by atoms with van der Waals surface area (Å²) in [5, 5.41) is 14.8. The van der Waals surface area contributed by atoms with E-state index in [1.165, 1.54) is 0 Å². The second-order valence-electron chi connectivity index (χ2n) is 6.74. The molecule has 142 valence electrons. The van der Waals surface area contributed by atoms with Crippen LogP contribution in [0.3, 0.4) is 0 Å². The van der Waals surface area contributed by atoms with E-state index in [9.17, 15) is 9.59 Å². The van der Waals surface area contributed by atoms with Gasteiger partial charge in [-0.3, -0.25) is 4.79 Å². The molecule has 1 aliphatic carbocycles. The van der Waals surface area contributed by atoms with E-state index in [0.29, 0.717) is 38.0 Å². The third-order valence-electron chi connectivity index (χ3n) is 4.79. The molecule has 1 saturated carbocycles. The SMILES string of the molecule is O=C(NCc1ccccc1Oc1ccccc1)NC1CCC(C(=O)O)CC1. The van der Waals surface area contributed by atoms with Crippen LogP contribution in [-0.4, -0.2) is 23.1 Å². The maximum atomic E-state index is 12.2. The first-order valence-electron chi connectivity index (χ1n) is 9.20. The number of nitrogens with one attached hydrogen (secondary N) is 2. The molecule has 0 atom stereocenters. The third kappa shape index (κ3) is 5.48. The van der Waals surface area contributed by atoms with Crippen LogP contribution in [0, 0.1) is 5.92 Å². The zero-order valence-electron chi connectivity index (χ0n) is 15.1. The molecule has 0 heterocycles. The van der Waals surface area contributed by atoms with Crippen LogP contribution >= 0.6 is 0 Å². The van der Waals surface area contributed by atoms with E-state index in [2.05, 4.69) is 10.6 Å². The van der Waals surface area contributed by atoms with Crippen LogP contribution in [0.5, 0.6) is 11.5 Å². The minimum absolute atomic E-state index is 0.0245. The van der Waals surface area contributed by atoms with Gasteiger partial charge in [0.05, 0.1) is 5.92 Å². The lowest BCUT2D eigenvalue weighted by Crippen LogP contribution is -2.43. The molecule has 0 saturated heterocycles. The van der Waals surface area contributed by atoms with Crippen molar-refractivity contribution in [2.45, 2.75) is 38.3 Å². The second-order valence-corrected chi connectivity index (χ2v) is 6.74. The summed E-state index contributed by atoms with van der Waals surface area (Å²) in [6, 6.07) is 16.9. The Hall–Kier alpha value is -3.02. The van der Waals surface area contributed by atoms with Crippen molar-refractivity contribution in [3.05, 3.63) is 60.2 Å². The molecule has 3 N–H and O–H groups in total. The predicted octanol–water partition coefficient (Wildman–Crippen LogP) is 3.92. The van der Waals surface area contributed by atoms with Crippen molar-refractivity contribution in [2.24, 2.45) is 5.92 Å². The summed E-state index contributed by atoms with van der Waals surface area (Å²) in [6.07, 6.45) is 2.60. The molecule has 0 bridgehead atoms. The molecule has 0 aromatic heterocycles. The minimum Gasteiger partial charge on any atom is -0.481 e. The van der Waals surface area contributed by atoms with Gasteiger partial charge in [0.25, 0.3) is 0 Å². The summed E-state index contributed by atoms with van der Waals surface area (Å²) in [6.45, 7) is 0.347. The lowest BCUT2D eigenvalue weighted by Gasteiger charge is -2.26. The number of aliphatic carboxylic acids is 1. The van der Waals surface area contributed by atoms with Crippen LogP contribution in [0.25, 0.3) is 0 Å². The lowest BCUT2D eigenvalue weighted by molar-refractivity contribution is -0.142. The van der Waals surface area contributed by atoms with E-state index in [1.54, 1.807) is 0 Å². The molecule has 0 radical (unpaired) electrons. The molecule has 27 heavy (non-hydrogen) atoms. The first-order valence-corrected chi connectivity index (χ1v) is 9.20. The van der Waals surface area contributed by atoms with Crippen molar-refractivity contribution in [1.29, 1.82) is 0 Å². The van der Waals surface area contributed by atoms with E-state index in [4.69, 9.17) is 9.84 Å². The number of carboxylic acid groups (broad SMARTS) is 1. The summed E-state index contributed by atoms with van der Waals surface area (Å²) in [5.41, 5.74) is 0.881. The molecule has 6 heteroatoms. The van der Waals surface area contributed by atoms with Gasteiger partial charge in [-0.25, -0.2) is 4.79 Å². The summed E-state index contributed by atoms with van der Waals surface area (Å²) in [7, 11) is 0. The molecule has 2 amide bonds. The third-order valence-corrected chi connectivity index (χ3v) is 4.79. The first kappa shape index (κ1) is 18.8. The monoisotopic (exact) mass is 368 g/mol. The summed E-state index contributed by atoms with van der Waals surface area (Å²) < 4.78 is 5.90. The number of benzene rings is 2. The van der Waals surface area contributed by atoms with Gasteiger partial charge in [0.1, 0.15) is 11.5 Å². The first-order chi connectivity index (χ1) is 13.1. The molecule has 2 aromatic rings. The number of para-hydroxylation sites is 2. The van der Waals surface area contributed by atoms with E-state index in [0.717, 1.165) is 11.3 Å². The highest BCUT2D eigenvalue weighted by atomic mass is 16.5. The van der Waals surface area contributed by atoms with Crippen molar-refractivity contribution in [3.8, 4) is 11.5 Å². The highest BCUT2D eigenvalue weighted by Gasteiger charge is 2.26. The average Bonchev–Trinajstić information content (AvgIpc) is 2.68. The normalized spacial score (nSPS) is 19.1. The van der Waals surface area contributed by atoms with Crippen molar-refractivity contribution < 1.29 is 19.4 Å². The molecule has 0 aliphatic heterocycles. The standard InChI is InChI=1S/C21H24N2O4/c24-20(25)15-10-12-17(13-11-15)23-21(26)22-14-16-6-4-5-9-19(16)27-18-7-2-1-3-8-18/h1-9,15,17H,10-14H2,(H,24,25)(H2,22,23,26). The van der Waals surface area contributed by atoms with Crippen LogP contribution in [-0.2, 0) is 11.3 Å². The highest BCUT2D eigenvalue weighted by molar-refractivity contribution is 5.74. The largest absolute Gasteiger partial charge is 0.481 e. The number of carbonyl (C=O) groups is 2. The highest BCUT2D eigenvalue weighted by Crippen LogP contribution is 2.26. The number of carboxylic acids is 1. The van der Waals surface area contributed by atoms with E-state index in [1.807, 2.05) is 54.6 Å². The number of carbonyl (C=O) groups excluding carboxylic acids is 1. The Balaban J connectivity index is 1.50. The Kier molecular flexibility index (Phi) is 6.30. The fourth-order valence-corrected chi connectivity index (χ4v) is 3.26. The van der Waals surface area contributed by atoms with Gasteiger partial charge in [-0.15, -0.1) is 0 Å². The smallest absolute Gasteiger partial charge is 0.315 e. The van der Waals surface area contributed by atoms with Crippen molar-refractivity contribution in [1.82, 2.24) is 10.6 Å². The van der Waals surface area contributed by atoms with Gasteiger partial charge in [-0.2, -0.15) is 0 Å². The number of urea groups is 1. The van der Waals surface area contributed by atoms with Gasteiger partial charge in [-0.05, 0) is 43.9 Å². The van der Waals surface area contributed by atoms with Crippen LogP contribution in [0.1, 0.15) is 31.2 Å². The zero-order valence-corrected chi connectivity index (χ0v) is 15.1. The number of amides is 2. The molecule has 1 aliphatic rings. The van der Waals surface area contributed by atoms with Gasteiger partial charge in [0, 0.05) is 18.2 Å². The van der Waals surface area contributed by atoms with E-state index in [-0.39, 0.29) is 18.0 Å². The Bertz CT molecular complexity index is 771. The van der Waals surface area contributed by atoms with Gasteiger partial charge in [-0.1, -0.05) is 36.4 Å². The summed E-state index contributed by atoms with van der Waals surface area (Å²) in [4.78, 5) is 23.2. The fourth-order valence-electron chi connectivity index (χ4n) is 3.26. The number of hydrogen-bond donors (Lipinski definition) is 3. The van der Waals surface area contributed by atoms with Gasteiger partial charge in [0.15, 0.2) is 0 Å². The Morgan fingerprint density at radius 3 is 2.33 bits per heavy atom. The van der Waals surface area contributed by atoms with Gasteiger partial charge < -0.3 is 20.5 Å². The van der Waals surface area contributed by atoms with Crippen molar-refractivity contribution >= 4 is 12.0 Å². The molecule has 3 rings (SSSR count). The average molecular weight is 368 g/mol. The number of ether oxygens (including phenoxy) is 1. The van der Waals surface area contributed by atoms with Crippen LogP contribution < -0.4 is 15.4 Å². The van der Waals surface area contributed by atoms with Crippen LogP contribution in [0.4, 0.5) is 4.79 Å². The Morgan fingerprint density at radius 2 is 1.63 bits per heavy atom. The Labute approximate surface area is 158 Å². The number of hydrogen-bond acceptors (Lipinski definition) is 3. The summed E-state index contributed by atoms with van der Waals surface area (Å²) >= 11 is 0. The topological polar surface area (TPSA) is 87.7 Å². The lowest BCUT2D eigenvalue weighted by atomic mass is 9.86. The maximum absolute atomic E-state index is 12.2. The fraction of sp³-hybridized carbons (Fsp3) is 0.333. The predicted molar refractivity (Wildman–Crippen MR) is 102 cm³/mol. The van der Waals surface area contributed by atoms with Gasteiger partial charge in [0.2, 0.25) is 0 Å². The van der Waals surface area contributed by atoms with E-state index < -0.39 is 5.97 Å². The molecule has 2 aromatic carbocycles. The minimum atomic E-state index is -0.743. The molecule has 0 unspecified atom stereocenters.